The van der Waals surface area contributed by atoms with Gasteiger partial charge in [0.15, 0.2) is 0 Å². The van der Waals surface area contributed by atoms with Crippen LogP contribution in [0.15, 0.2) is 30.6 Å². The zero-order valence-electron chi connectivity index (χ0n) is 18.3. The number of alkyl halides is 3. The predicted octanol–water partition coefficient (Wildman–Crippen LogP) is 2.91. The summed E-state index contributed by atoms with van der Waals surface area (Å²) in [5.74, 6) is -1.73. The number of likely N-dealkylation sites (tertiary alicyclic amines) is 1. The first kappa shape index (κ1) is 24.1. The molecule has 34 heavy (non-hydrogen) atoms. The quantitative estimate of drug-likeness (QED) is 0.649. The minimum absolute atomic E-state index is 0.00634. The molecule has 8 nitrogen and oxygen atoms in total. The number of carboxylic acid groups (broad SMARTS) is 1. The number of aromatic nitrogens is 3. The van der Waals surface area contributed by atoms with Crippen molar-refractivity contribution in [3.63, 3.8) is 0 Å². The SMILES string of the molecule is O=C(NC1c2ncnn2CCC12CCN(Cc1ccc(F)cc1)C2)C1CC1.O=C(O)C(F)(F)F. The summed E-state index contributed by atoms with van der Waals surface area (Å²) in [5.41, 5.74) is 1.11. The molecule has 184 valence electrons. The van der Waals surface area contributed by atoms with E-state index in [1.165, 1.54) is 12.1 Å². The van der Waals surface area contributed by atoms with Gasteiger partial charge in [0, 0.05) is 31.0 Å². The third kappa shape index (κ3) is 5.37. The number of nitrogens with zero attached hydrogens (tertiary/aromatic N) is 4. The van der Waals surface area contributed by atoms with Gasteiger partial charge in [-0.05, 0) is 49.9 Å². The molecule has 0 radical (unpaired) electrons. The number of amides is 1. The molecule has 5 rings (SSSR count). The minimum atomic E-state index is -5.08. The maximum atomic E-state index is 13.2. The second-order valence-corrected chi connectivity index (χ2v) is 9.06. The molecular formula is C22H25F4N5O3. The molecule has 1 saturated heterocycles. The van der Waals surface area contributed by atoms with Gasteiger partial charge in [-0.15, -0.1) is 0 Å². The number of carbonyl (C=O) groups is 2. The molecule has 1 aliphatic carbocycles. The van der Waals surface area contributed by atoms with Crippen LogP contribution in [-0.4, -0.2) is 55.9 Å². The smallest absolute Gasteiger partial charge is 0.475 e. The Morgan fingerprint density at radius 1 is 1.15 bits per heavy atom. The number of carboxylic acids is 1. The third-order valence-corrected chi connectivity index (χ3v) is 6.60. The first-order valence-corrected chi connectivity index (χ1v) is 11.0. The van der Waals surface area contributed by atoms with E-state index in [1.807, 2.05) is 16.8 Å². The van der Waals surface area contributed by atoms with Crippen LogP contribution in [0.1, 0.15) is 43.1 Å². The van der Waals surface area contributed by atoms with Gasteiger partial charge in [-0.2, -0.15) is 18.3 Å². The molecule has 0 bridgehead atoms. The van der Waals surface area contributed by atoms with Crippen LogP contribution in [0.4, 0.5) is 17.6 Å². The summed E-state index contributed by atoms with van der Waals surface area (Å²) in [7, 11) is 0. The lowest BCUT2D eigenvalue weighted by molar-refractivity contribution is -0.192. The highest BCUT2D eigenvalue weighted by Gasteiger charge is 2.50. The van der Waals surface area contributed by atoms with E-state index in [0.29, 0.717) is 0 Å². The highest BCUT2D eigenvalue weighted by molar-refractivity contribution is 5.81. The van der Waals surface area contributed by atoms with Crippen molar-refractivity contribution in [2.24, 2.45) is 11.3 Å². The highest BCUT2D eigenvalue weighted by atomic mass is 19.4. The number of nitrogens with one attached hydrogen (secondary N) is 1. The van der Waals surface area contributed by atoms with Gasteiger partial charge in [0.2, 0.25) is 5.91 Å². The molecule has 2 aliphatic heterocycles. The van der Waals surface area contributed by atoms with Crippen molar-refractivity contribution in [3.8, 4) is 0 Å². The van der Waals surface area contributed by atoms with Crippen LogP contribution in [0.3, 0.4) is 0 Å². The largest absolute Gasteiger partial charge is 0.490 e. The summed E-state index contributed by atoms with van der Waals surface area (Å²) in [6.07, 6.45) is 0.509. The second-order valence-electron chi connectivity index (χ2n) is 9.06. The summed E-state index contributed by atoms with van der Waals surface area (Å²) >= 11 is 0. The summed E-state index contributed by atoms with van der Waals surface area (Å²) in [6, 6.07) is 6.65. The molecule has 2 N–H and O–H groups in total. The fourth-order valence-electron chi connectivity index (χ4n) is 4.65. The lowest BCUT2D eigenvalue weighted by atomic mass is 9.74. The van der Waals surface area contributed by atoms with Crippen molar-refractivity contribution >= 4 is 11.9 Å². The number of rotatable bonds is 4. The number of carbonyl (C=O) groups excluding carboxylic acids is 1. The van der Waals surface area contributed by atoms with Gasteiger partial charge < -0.3 is 10.4 Å². The van der Waals surface area contributed by atoms with Crippen LogP contribution in [0.25, 0.3) is 0 Å². The van der Waals surface area contributed by atoms with Crippen LogP contribution in [0.5, 0.6) is 0 Å². The molecule has 1 amide bonds. The Labute approximate surface area is 193 Å². The summed E-state index contributed by atoms with van der Waals surface area (Å²) in [5, 5.41) is 14.8. The molecule has 2 atom stereocenters. The summed E-state index contributed by atoms with van der Waals surface area (Å²) in [4.78, 5) is 28.3. The normalized spacial score (nSPS) is 24.3. The average molecular weight is 483 g/mol. The Morgan fingerprint density at radius 2 is 1.79 bits per heavy atom. The topological polar surface area (TPSA) is 100 Å². The zero-order chi connectivity index (χ0) is 24.5. The van der Waals surface area contributed by atoms with Crippen molar-refractivity contribution in [1.29, 1.82) is 0 Å². The lowest BCUT2D eigenvalue weighted by Crippen LogP contribution is -2.48. The summed E-state index contributed by atoms with van der Waals surface area (Å²) < 4.78 is 46.8. The Balaban J connectivity index is 0.000000344. The van der Waals surface area contributed by atoms with Crippen LogP contribution in [-0.2, 0) is 22.7 Å². The van der Waals surface area contributed by atoms with Crippen LogP contribution >= 0.6 is 0 Å². The van der Waals surface area contributed by atoms with E-state index in [2.05, 4.69) is 20.3 Å². The van der Waals surface area contributed by atoms with E-state index >= 15 is 0 Å². The lowest BCUT2D eigenvalue weighted by Gasteiger charge is -2.41. The van der Waals surface area contributed by atoms with Gasteiger partial charge >= 0.3 is 12.1 Å². The van der Waals surface area contributed by atoms with Gasteiger partial charge in [0.25, 0.3) is 0 Å². The molecule has 3 heterocycles. The number of halogens is 4. The van der Waals surface area contributed by atoms with Crippen LogP contribution in [0.2, 0.25) is 0 Å². The minimum Gasteiger partial charge on any atom is -0.475 e. The van der Waals surface area contributed by atoms with E-state index in [-0.39, 0.29) is 29.1 Å². The Bertz CT molecular complexity index is 1040. The van der Waals surface area contributed by atoms with Crippen molar-refractivity contribution in [2.75, 3.05) is 13.1 Å². The molecule has 1 saturated carbocycles. The standard InChI is InChI=1S/C20H24FN5O.C2HF3O2/c21-16-5-1-14(2-6-16)11-25-9-7-20(12-25)8-10-26-18(22-13-23-26)17(20)24-19(27)15-3-4-15;3-2(4,5)1(6)7/h1-2,5-6,13,15,17H,3-4,7-12H2,(H,24,27);(H,6,7). The number of aliphatic carboxylic acids is 1. The number of fused-ring (bicyclic) bond motifs is 1. The van der Waals surface area contributed by atoms with E-state index in [1.54, 1.807) is 6.33 Å². The fourth-order valence-corrected chi connectivity index (χ4v) is 4.65. The van der Waals surface area contributed by atoms with E-state index in [4.69, 9.17) is 9.90 Å². The molecular weight excluding hydrogens is 458 g/mol. The Morgan fingerprint density at radius 3 is 2.41 bits per heavy atom. The number of aryl methyl sites for hydroxylation is 1. The Kier molecular flexibility index (Phi) is 6.61. The predicted molar refractivity (Wildman–Crippen MR) is 111 cm³/mol. The molecule has 2 fully saturated rings. The van der Waals surface area contributed by atoms with Crippen molar-refractivity contribution < 1.29 is 32.3 Å². The molecule has 1 aromatic heterocycles. The fraction of sp³-hybridized carbons (Fsp3) is 0.545. The maximum Gasteiger partial charge on any atom is 0.490 e. The number of hydrogen-bond donors (Lipinski definition) is 2. The second kappa shape index (κ2) is 9.32. The van der Waals surface area contributed by atoms with Crippen molar-refractivity contribution in [2.45, 2.75) is 51.0 Å². The van der Waals surface area contributed by atoms with Crippen molar-refractivity contribution in [1.82, 2.24) is 25.0 Å². The van der Waals surface area contributed by atoms with E-state index < -0.39 is 12.1 Å². The van der Waals surface area contributed by atoms with Gasteiger partial charge in [0.1, 0.15) is 18.0 Å². The van der Waals surface area contributed by atoms with Crippen LogP contribution in [0, 0.1) is 17.2 Å². The average Bonchev–Trinajstić information content (AvgIpc) is 3.40. The van der Waals surface area contributed by atoms with Gasteiger partial charge in [-0.1, -0.05) is 12.1 Å². The number of hydrogen-bond acceptors (Lipinski definition) is 5. The Hall–Kier alpha value is -3.02. The van der Waals surface area contributed by atoms with Crippen LogP contribution < -0.4 is 5.32 Å². The van der Waals surface area contributed by atoms with Gasteiger partial charge in [-0.3, -0.25) is 9.69 Å². The number of benzene rings is 1. The third-order valence-electron chi connectivity index (χ3n) is 6.60. The summed E-state index contributed by atoms with van der Waals surface area (Å²) in [6.45, 7) is 3.53. The van der Waals surface area contributed by atoms with Crippen molar-refractivity contribution in [3.05, 3.63) is 47.8 Å². The van der Waals surface area contributed by atoms with Gasteiger partial charge in [0.05, 0.1) is 6.04 Å². The molecule has 2 aromatic rings. The van der Waals surface area contributed by atoms with E-state index in [0.717, 1.165) is 63.3 Å². The van der Waals surface area contributed by atoms with E-state index in [9.17, 15) is 22.4 Å². The first-order chi connectivity index (χ1) is 16.1. The molecule has 1 spiro atoms. The zero-order valence-corrected chi connectivity index (χ0v) is 18.3. The molecule has 3 aliphatic rings. The molecule has 2 unspecified atom stereocenters. The monoisotopic (exact) mass is 483 g/mol. The molecule has 12 heteroatoms. The highest BCUT2D eigenvalue weighted by Crippen LogP contribution is 2.48. The van der Waals surface area contributed by atoms with Gasteiger partial charge in [-0.25, -0.2) is 18.9 Å². The maximum absolute atomic E-state index is 13.2. The molecule has 1 aromatic carbocycles. The first-order valence-electron chi connectivity index (χ1n) is 11.0.